The highest BCUT2D eigenvalue weighted by Gasteiger charge is 2.57. The third kappa shape index (κ3) is 1.63. The van der Waals surface area contributed by atoms with Gasteiger partial charge in [-0.1, -0.05) is 6.07 Å². The van der Waals surface area contributed by atoms with E-state index >= 15 is 0 Å². The van der Waals surface area contributed by atoms with Gasteiger partial charge in [-0.2, -0.15) is 0 Å². The molecule has 4 heteroatoms. The van der Waals surface area contributed by atoms with E-state index in [1.54, 1.807) is 12.4 Å². The fourth-order valence-electron chi connectivity index (χ4n) is 3.15. The minimum absolute atomic E-state index is 0.120. The van der Waals surface area contributed by atoms with E-state index in [4.69, 9.17) is 4.74 Å². The van der Waals surface area contributed by atoms with Gasteiger partial charge in [0.1, 0.15) is 5.41 Å². The maximum Gasteiger partial charge on any atom is 0.312 e. The van der Waals surface area contributed by atoms with Gasteiger partial charge in [-0.3, -0.25) is 9.78 Å². The van der Waals surface area contributed by atoms with Crippen LogP contribution in [0.1, 0.15) is 24.8 Å². The highest BCUT2D eigenvalue weighted by atomic mass is 16.5. The van der Waals surface area contributed by atoms with Crippen molar-refractivity contribution in [3.05, 3.63) is 30.1 Å². The van der Waals surface area contributed by atoms with Gasteiger partial charge in [0.25, 0.3) is 0 Å². The molecule has 90 valence electrons. The molecule has 17 heavy (non-hydrogen) atoms. The number of hydrogen-bond donors (Lipinski definition) is 1. The summed E-state index contributed by atoms with van der Waals surface area (Å²) < 4.78 is 5.72. The number of rotatable bonds is 3. The van der Waals surface area contributed by atoms with Gasteiger partial charge in [-0.25, -0.2) is 0 Å². The van der Waals surface area contributed by atoms with Gasteiger partial charge in [0.15, 0.2) is 0 Å². The number of ether oxygens (including phenoxy) is 1. The smallest absolute Gasteiger partial charge is 0.312 e. The van der Waals surface area contributed by atoms with Crippen LogP contribution < -0.4 is 0 Å². The third-order valence-corrected chi connectivity index (χ3v) is 3.98. The molecule has 2 saturated heterocycles. The molecule has 1 aromatic heterocycles. The molecule has 2 bridgehead atoms. The fraction of sp³-hybridized carbons (Fsp3) is 0.538. The first-order chi connectivity index (χ1) is 8.21. The lowest BCUT2D eigenvalue weighted by molar-refractivity contribution is -0.152. The predicted octanol–water partition coefficient (Wildman–Crippen LogP) is 1.65. The molecule has 2 aliphatic heterocycles. The van der Waals surface area contributed by atoms with Crippen LogP contribution in [0.15, 0.2) is 24.5 Å². The molecule has 3 atom stereocenters. The number of aromatic nitrogens is 1. The lowest BCUT2D eigenvalue weighted by Gasteiger charge is -2.30. The molecular formula is C13H15NO3. The largest absolute Gasteiger partial charge is 0.481 e. The standard InChI is InChI=1S/C13H15NO3/c15-12(16)13(6-9-2-1-5-14-8-9)7-10-3-4-11(13)17-10/h1-2,5,8,10-11H,3-4,6-7H2,(H,15,16). The highest BCUT2D eigenvalue weighted by Crippen LogP contribution is 2.49. The van der Waals surface area contributed by atoms with Crippen molar-refractivity contribution in [1.82, 2.24) is 4.98 Å². The number of carboxylic acids is 1. The zero-order chi connectivity index (χ0) is 11.9. The molecule has 4 nitrogen and oxygen atoms in total. The molecule has 0 saturated carbocycles. The molecule has 0 aromatic carbocycles. The lowest BCUT2D eigenvalue weighted by Crippen LogP contribution is -2.42. The molecule has 3 rings (SSSR count). The Morgan fingerprint density at radius 2 is 2.47 bits per heavy atom. The molecule has 1 N–H and O–H groups in total. The van der Waals surface area contributed by atoms with Crippen molar-refractivity contribution in [2.24, 2.45) is 5.41 Å². The molecule has 0 spiro atoms. The minimum atomic E-state index is -0.730. The van der Waals surface area contributed by atoms with Crippen LogP contribution in [0.25, 0.3) is 0 Å². The molecule has 1 aromatic rings. The van der Waals surface area contributed by atoms with Gasteiger partial charge < -0.3 is 9.84 Å². The van der Waals surface area contributed by atoms with Crippen LogP contribution in [-0.4, -0.2) is 28.3 Å². The maximum absolute atomic E-state index is 11.6. The van der Waals surface area contributed by atoms with Crippen molar-refractivity contribution in [1.29, 1.82) is 0 Å². The Morgan fingerprint density at radius 1 is 1.59 bits per heavy atom. The Hall–Kier alpha value is -1.42. The Kier molecular flexibility index (Phi) is 2.40. The van der Waals surface area contributed by atoms with Crippen molar-refractivity contribution in [2.45, 2.75) is 37.9 Å². The summed E-state index contributed by atoms with van der Waals surface area (Å²) in [7, 11) is 0. The van der Waals surface area contributed by atoms with E-state index in [-0.39, 0.29) is 12.2 Å². The summed E-state index contributed by atoms with van der Waals surface area (Å²) in [5.41, 5.74) is 0.248. The first kappa shape index (κ1) is 10.7. The summed E-state index contributed by atoms with van der Waals surface area (Å²) in [6, 6.07) is 3.78. The van der Waals surface area contributed by atoms with E-state index in [9.17, 15) is 9.90 Å². The Bertz CT molecular complexity index is 434. The van der Waals surface area contributed by atoms with E-state index in [1.165, 1.54) is 0 Å². The molecule has 0 aliphatic carbocycles. The number of aliphatic carboxylic acids is 1. The number of hydrogen-bond acceptors (Lipinski definition) is 3. The average molecular weight is 233 g/mol. The van der Waals surface area contributed by atoms with Gasteiger partial charge in [0.2, 0.25) is 0 Å². The van der Waals surface area contributed by atoms with E-state index in [1.807, 2.05) is 12.1 Å². The van der Waals surface area contributed by atoms with Gasteiger partial charge in [0, 0.05) is 12.4 Å². The number of carbonyl (C=O) groups is 1. The number of carboxylic acid groups (broad SMARTS) is 1. The topological polar surface area (TPSA) is 59.4 Å². The van der Waals surface area contributed by atoms with E-state index in [2.05, 4.69) is 4.98 Å². The van der Waals surface area contributed by atoms with Crippen LogP contribution >= 0.6 is 0 Å². The first-order valence-electron chi connectivity index (χ1n) is 5.98. The van der Waals surface area contributed by atoms with Crippen molar-refractivity contribution in [2.75, 3.05) is 0 Å². The number of nitrogens with zero attached hydrogens (tertiary/aromatic N) is 1. The average Bonchev–Trinajstić information content (AvgIpc) is 2.91. The van der Waals surface area contributed by atoms with E-state index < -0.39 is 11.4 Å². The SMILES string of the molecule is O=C(O)C1(Cc2cccnc2)CC2CCC1O2. The van der Waals surface area contributed by atoms with Gasteiger partial charge in [-0.05, 0) is 37.3 Å². The van der Waals surface area contributed by atoms with Crippen molar-refractivity contribution in [3.63, 3.8) is 0 Å². The molecule has 2 fully saturated rings. The molecule has 3 unspecified atom stereocenters. The van der Waals surface area contributed by atoms with Crippen molar-refractivity contribution < 1.29 is 14.6 Å². The summed E-state index contributed by atoms with van der Waals surface area (Å²) in [5, 5.41) is 9.55. The first-order valence-corrected chi connectivity index (χ1v) is 5.98. The summed E-state index contributed by atoms with van der Waals surface area (Å²) in [4.78, 5) is 15.7. The van der Waals surface area contributed by atoms with Crippen LogP contribution in [0.2, 0.25) is 0 Å². The number of pyridine rings is 1. The molecule has 0 amide bonds. The summed E-state index contributed by atoms with van der Waals surface area (Å²) in [6.45, 7) is 0. The molecule has 3 heterocycles. The molecule has 2 aliphatic rings. The highest BCUT2D eigenvalue weighted by molar-refractivity contribution is 5.76. The van der Waals surface area contributed by atoms with Crippen LogP contribution in [0.3, 0.4) is 0 Å². The predicted molar refractivity (Wildman–Crippen MR) is 60.5 cm³/mol. The summed E-state index contributed by atoms with van der Waals surface area (Å²) in [6.07, 6.45) is 6.52. The van der Waals surface area contributed by atoms with E-state index in [0.717, 1.165) is 18.4 Å². The van der Waals surface area contributed by atoms with Crippen LogP contribution in [0.5, 0.6) is 0 Å². The lowest BCUT2D eigenvalue weighted by atomic mass is 9.70. The van der Waals surface area contributed by atoms with Crippen LogP contribution in [-0.2, 0) is 16.0 Å². The Morgan fingerprint density at radius 3 is 3.00 bits per heavy atom. The second-order valence-electron chi connectivity index (χ2n) is 5.03. The summed E-state index contributed by atoms with van der Waals surface area (Å²) >= 11 is 0. The zero-order valence-corrected chi connectivity index (χ0v) is 9.50. The molecular weight excluding hydrogens is 218 g/mol. The van der Waals surface area contributed by atoms with Gasteiger partial charge in [0.05, 0.1) is 12.2 Å². The second kappa shape index (κ2) is 3.81. The summed E-state index contributed by atoms with van der Waals surface area (Å²) in [5.74, 6) is -0.728. The fourth-order valence-corrected chi connectivity index (χ4v) is 3.15. The zero-order valence-electron chi connectivity index (χ0n) is 9.50. The number of fused-ring (bicyclic) bond motifs is 2. The van der Waals surface area contributed by atoms with Crippen LogP contribution in [0.4, 0.5) is 0 Å². The Balaban J connectivity index is 1.89. The Labute approximate surface area is 99.6 Å². The van der Waals surface area contributed by atoms with Gasteiger partial charge >= 0.3 is 5.97 Å². The second-order valence-corrected chi connectivity index (χ2v) is 5.03. The monoisotopic (exact) mass is 233 g/mol. The minimum Gasteiger partial charge on any atom is -0.481 e. The third-order valence-electron chi connectivity index (χ3n) is 3.98. The maximum atomic E-state index is 11.6. The van der Waals surface area contributed by atoms with Crippen molar-refractivity contribution in [3.8, 4) is 0 Å². The molecule has 0 radical (unpaired) electrons. The van der Waals surface area contributed by atoms with Crippen molar-refractivity contribution >= 4 is 5.97 Å². The van der Waals surface area contributed by atoms with Crippen LogP contribution in [0, 0.1) is 5.41 Å². The normalized spacial score (nSPS) is 35.1. The van der Waals surface area contributed by atoms with E-state index in [0.29, 0.717) is 12.8 Å². The quantitative estimate of drug-likeness (QED) is 0.862. The van der Waals surface area contributed by atoms with Gasteiger partial charge in [-0.15, -0.1) is 0 Å².